The van der Waals surface area contributed by atoms with Crippen molar-refractivity contribution in [2.45, 2.75) is 31.5 Å². The Balaban J connectivity index is 1.93. The zero-order valence-electron chi connectivity index (χ0n) is 11.9. The minimum absolute atomic E-state index is 0.115. The summed E-state index contributed by atoms with van der Waals surface area (Å²) >= 11 is 0. The quantitative estimate of drug-likeness (QED) is 0.831. The molecular formula is C13H20F3N3O2. The summed E-state index contributed by atoms with van der Waals surface area (Å²) in [5.74, 6) is -1.43. The van der Waals surface area contributed by atoms with Gasteiger partial charge in [-0.25, -0.2) is 0 Å². The van der Waals surface area contributed by atoms with Gasteiger partial charge in [-0.15, -0.1) is 0 Å². The number of hydrogen-bond donors (Lipinski definition) is 1. The molecule has 2 saturated heterocycles. The second-order valence-electron chi connectivity index (χ2n) is 5.70. The molecule has 0 bridgehead atoms. The fourth-order valence-corrected chi connectivity index (χ4v) is 2.98. The van der Waals surface area contributed by atoms with Gasteiger partial charge in [0.05, 0.1) is 5.92 Å². The minimum atomic E-state index is -4.42. The smallest absolute Gasteiger partial charge is 0.341 e. The zero-order chi connectivity index (χ0) is 15.6. The van der Waals surface area contributed by atoms with Crippen LogP contribution in [0.1, 0.15) is 19.3 Å². The molecular weight excluding hydrogens is 287 g/mol. The molecule has 2 unspecified atom stereocenters. The van der Waals surface area contributed by atoms with Crippen LogP contribution in [0.4, 0.5) is 13.2 Å². The van der Waals surface area contributed by atoms with Crippen molar-refractivity contribution in [2.24, 2.45) is 5.92 Å². The number of carbonyl (C=O) groups excluding carboxylic acids is 2. The first-order valence-corrected chi connectivity index (χ1v) is 7.10. The molecule has 2 aliphatic rings. The third kappa shape index (κ3) is 4.09. The van der Waals surface area contributed by atoms with Crippen molar-refractivity contribution in [2.75, 3.05) is 33.2 Å². The monoisotopic (exact) mass is 307 g/mol. The van der Waals surface area contributed by atoms with E-state index in [-0.39, 0.29) is 24.9 Å². The highest BCUT2D eigenvalue weighted by Crippen LogP contribution is 2.26. The molecule has 0 spiro atoms. The number of amides is 2. The van der Waals surface area contributed by atoms with Crippen LogP contribution in [0.5, 0.6) is 0 Å². The van der Waals surface area contributed by atoms with E-state index in [0.29, 0.717) is 13.1 Å². The highest BCUT2D eigenvalue weighted by atomic mass is 19.4. The van der Waals surface area contributed by atoms with Crippen LogP contribution in [0.2, 0.25) is 0 Å². The number of hydrogen-bond acceptors (Lipinski definition) is 3. The number of likely N-dealkylation sites (N-methyl/N-ethyl adjacent to an activating group) is 1. The van der Waals surface area contributed by atoms with Crippen LogP contribution < -0.4 is 5.32 Å². The molecule has 21 heavy (non-hydrogen) atoms. The van der Waals surface area contributed by atoms with Crippen molar-refractivity contribution in [3.8, 4) is 0 Å². The van der Waals surface area contributed by atoms with Gasteiger partial charge >= 0.3 is 6.18 Å². The lowest BCUT2D eigenvalue weighted by Gasteiger charge is -2.34. The van der Waals surface area contributed by atoms with Crippen LogP contribution in [0.25, 0.3) is 0 Å². The van der Waals surface area contributed by atoms with Gasteiger partial charge in [-0.05, 0) is 19.9 Å². The van der Waals surface area contributed by atoms with Gasteiger partial charge in [0.15, 0.2) is 0 Å². The summed E-state index contributed by atoms with van der Waals surface area (Å²) in [6.45, 7) is -0.229. The maximum absolute atomic E-state index is 12.4. The fourth-order valence-electron chi connectivity index (χ4n) is 2.98. The Morgan fingerprint density at radius 2 is 2.10 bits per heavy atom. The number of piperidine rings is 1. The first-order chi connectivity index (χ1) is 9.80. The molecule has 0 radical (unpaired) electrons. The van der Waals surface area contributed by atoms with E-state index in [4.69, 9.17) is 0 Å². The number of likely N-dealkylation sites (tertiary alicyclic amines) is 2. The molecule has 2 aliphatic heterocycles. The summed E-state index contributed by atoms with van der Waals surface area (Å²) in [5, 5.41) is 3.11. The standard InChI is InChI=1S/C13H20F3N3O2/c1-17-10-3-2-4-18(7-10)12(21)9-5-11(20)19(6-9)8-13(14,15)16/h9-10,17H,2-8H2,1H3. The largest absolute Gasteiger partial charge is 0.406 e. The molecule has 2 amide bonds. The molecule has 0 aliphatic carbocycles. The molecule has 0 aromatic rings. The molecule has 5 nitrogen and oxygen atoms in total. The van der Waals surface area contributed by atoms with E-state index in [1.165, 1.54) is 0 Å². The second kappa shape index (κ2) is 6.21. The number of nitrogens with zero attached hydrogens (tertiary/aromatic N) is 2. The predicted molar refractivity (Wildman–Crippen MR) is 69.4 cm³/mol. The first kappa shape index (κ1) is 16.1. The van der Waals surface area contributed by atoms with Crippen LogP contribution in [0, 0.1) is 5.92 Å². The Morgan fingerprint density at radius 3 is 2.71 bits per heavy atom. The van der Waals surface area contributed by atoms with E-state index in [2.05, 4.69) is 5.32 Å². The van der Waals surface area contributed by atoms with Gasteiger partial charge in [0.1, 0.15) is 6.54 Å². The number of rotatable bonds is 3. The van der Waals surface area contributed by atoms with Crippen molar-refractivity contribution in [1.29, 1.82) is 0 Å². The van der Waals surface area contributed by atoms with Gasteiger partial charge in [-0.1, -0.05) is 0 Å². The SMILES string of the molecule is CNC1CCCN(C(=O)C2CC(=O)N(CC(F)(F)F)C2)C1. The van der Waals surface area contributed by atoms with Crippen molar-refractivity contribution in [1.82, 2.24) is 15.1 Å². The van der Waals surface area contributed by atoms with Crippen molar-refractivity contribution >= 4 is 11.8 Å². The Labute approximate surface area is 121 Å². The highest BCUT2D eigenvalue weighted by Gasteiger charge is 2.42. The number of alkyl halides is 3. The molecule has 1 N–H and O–H groups in total. The molecule has 120 valence electrons. The highest BCUT2D eigenvalue weighted by molar-refractivity contribution is 5.89. The molecule has 8 heteroatoms. The van der Waals surface area contributed by atoms with E-state index < -0.39 is 24.5 Å². The molecule has 2 atom stereocenters. The summed E-state index contributed by atoms with van der Waals surface area (Å²) in [6.07, 6.45) is -2.69. The Morgan fingerprint density at radius 1 is 1.38 bits per heavy atom. The van der Waals surface area contributed by atoms with Gasteiger partial charge < -0.3 is 15.1 Å². The van der Waals surface area contributed by atoms with Crippen LogP contribution in [-0.4, -0.2) is 67.1 Å². The van der Waals surface area contributed by atoms with Gasteiger partial charge in [0.25, 0.3) is 0 Å². The van der Waals surface area contributed by atoms with E-state index in [1.54, 1.807) is 4.90 Å². The van der Waals surface area contributed by atoms with Gasteiger partial charge in [-0.3, -0.25) is 9.59 Å². The van der Waals surface area contributed by atoms with E-state index in [0.717, 1.165) is 17.7 Å². The number of carbonyl (C=O) groups is 2. The van der Waals surface area contributed by atoms with Gasteiger partial charge in [0.2, 0.25) is 11.8 Å². The maximum atomic E-state index is 12.4. The van der Waals surface area contributed by atoms with Crippen LogP contribution in [-0.2, 0) is 9.59 Å². The maximum Gasteiger partial charge on any atom is 0.406 e. The lowest BCUT2D eigenvalue weighted by atomic mass is 10.0. The molecule has 2 heterocycles. The van der Waals surface area contributed by atoms with Gasteiger partial charge in [-0.2, -0.15) is 13.2 Å². The minimum Gasteiger partial charge on any atom is -0.341 e. The number of halogens is 3. The lowest BCUT2D eigenvalue weighted by Crippen LogP contribution is -2.49. The van der Waals surface area contributed by atoms with Gasteiger partial charge in [0, 0.05) is 32.1 Å². The summed E-state index contributed by atoms with van der Waals surface area (Å²) in [4.78, 5) is 26.4. The van der Waals surface area contributed by atoms with Crippen molar-refractivity contribution < 1.29 is 22.8 Å². The average Bonchev–Trinajstić information content (AvgIpc) is 2.77. The summed E-state index contributed by atoms with van der Waals surface area (Å²) < 4.78 is 37.1. The molecule has 0 aromatic heterocycles. The Kier molecular flexibility index (Phi) is 4.75. The zero-order valence-corrected chi connectivity index (χ0v) is 11.9. The summed E-state index contributed by atoms with van der Waals surface area (Å²) in [7, 11) is 1.82. The fraction of sp³-hybridized carbons (Fsp3) is 0.846. The Hall–Kier alpha value is -1.31. The normalized spacial score (nSPS) is 27.3. The van der Waals surface area contributed by atoms with E-state index in [1.807, 2.05) is 7.05 Å². The topological polar surface area (TPSA) is 52.7 Å². The van der Waals surface area contributed by atoms with Crippen molar-refractivity contribution in [3.05, 3.63) is 0 Å². The first-order valence-electron chi connectivity index (χ1n) is 7.10. The molecule has 2 rings (SSSR count). The second-order valence-corrected chi connectivity index (χ2v) is 5.70. The van der Waals surface area contributed by atoms with Crippen molar-refractivity contribution in [3.63, 3.8) is 0 Å². The molecule has 2 fully saturated rings. The summed E-state index contributed by atoms with van der Waals surface area (Å²) in [6, 6.07) is 0.214. The van der Waals surface area contributed by atoms with Crippen LogP contribution >= 0.6 is 0 Å². The van der Waals surface area contributed by atoms with Crippen LogP contribution in [0.15, 0.2) is 0 Å². The van der Waals surface area contributed by atoms with Crippen LogP contribution in [0.3, 0.4) is 0 Å². The van der Waals surface area contributed by atoms with E-state index >= 15 is 0 Å². The molecule has 0 aromatic carbocycles. The third-order valence-electron chi connectivity index (χ3n) is 4.08. The predicted octanol–water partition coefficient (Wildman–Crippen LogP) is 0.608. The lowest BCUT2D eigenvalue weighted by molar-refractivity contribution is -0.157. The summed E-state index contributed by atoms with van der Waals surface area (Å²) in [5.41, 5.74) is 0. The van der Waals surface area contributed by atoms with E-state index in [9.17, 15) is 22.8 Å². The molecule has 0 saturated carbocycles. The number of nitrogens with one attached hydrogen (secondary N) is 1. The Bertz CT molecular complexity index is 414. The third-order valence-corrected chi connectivity index (χ3v) is 4.08. The average molecular weight is 307 g/mol.